The Morgan fingerprint density at radius 2 is 1.58 bits per heavy atom. The lowest BCUT2D eigenvalue weighted by molar-refractivity contribution is -0.139. The molecule has 0 heterocycles. The normalized spacial score (nSPS) is 35.0. The van der Waals surface area contributed by atoms with E-state index in [1.165, 1.54) is 38.5 Å². The summed E-state index contributed by atoms with van der Waals surface area (Å²) < 4.78 is 5.63. The van der Waals surface area contributed by atoms with Crippen LogP contribution < -0.4 is 0 Å². The zero-order chi connectivity index (χ0) is 13.8. The Kier molecular flexibility index (Phi) is 5.44. The highest BCUT2D eigenvalue weighted by Crippen LogP contribution is 2.36. The molecule has 3 atom stereocenters. The Labute approximate surface area is 118 Å². The maximum Gasteiger partial charge on any atom is 0.164 e. The molecule has 110 valence electrons. The third-order valence-corrected chi connectivity index (χ3v) is 5.19. The Balaban J connectivity index is 1.98. The minimum absolute atomic E-state index is 0.122. The number of carbonyl (C=O) groups excluding carboxylic acids is 1. The van der Waals surface area contributed by atoms with E-state index < -0.39 is 0 Å². The van der Waals surface area contributed by atoms with Crippen LogP contribution >= 0.6 is 0 Å². The third-order valence-electron chi connectivity index (χ3n) is 5.19. The van der Waals surface area contributed by atoms with Crippen molar-refractivity contribution in [2.75, 3.05) is 7.11 Å². The van der Waals surface area contributed by atoms with Gasteiger partial charge in [-0.1, -0.05) is 33.1 Å². The maximum absolute atomic E-state index is 12.8. The summed E-state index contributed by atoms with van der Waals surface area (Å²) in [5.41, 5.74) is 0. The molecule has 2 fully saturated rings. The molecule has 0 aromatic rings. The van der Waals surface area contributed by atoms with E-state index >= 15 is 0 Å². The molecule has 0 saturated heterocycles. The first-order chi connectivity index (χ1) is 9.11. The van der Waals surface area contributed by atoms with Gasteiger partial charge in [-0.15, -0.1) is 0 Å². The third kappa shape index (κ3) is 3.81. The molecule has 0 bridgehead atoms. The van der Waals surface area contributed by atoms with E-state index in [9.17, 15) is 4.79 Å². The van der Waals surface area contributed by atoms with Crippen molar-refractivity contribution in [1.29, 1.82) is 0 Å². The first-order valence-electron chi connectivity index (χ1n) is 8.18. The summed E-state index contributed by atoms with van der Waals surface area (Å²) in [7, 11) is 1.73. The minimum atomic E-state index is -0.122. The summed E-state index contributed by atoms with van der Waals surface area (Å²) in [4.78, 5) is 12.8. The summed E-state index contributed by atoms with van der Waals surface area (Å²) in [5.74, 6) is 2.54. The van der Waals surface area contributed by atoms with E-state index in [-0.39, 0.29) is 12.0 Å². The van der Waals surface area contributed by atoms with E-state index in [0.29, 0.717) is 23.5 Å². The van der Waals surface area contributed by atoms with Gasteiger partial charge in [-0.3, -0.25) is 4.79 Å². The van der Waals surface area contributed by atoms with Crippen LogP contribution in [0.25, 0.3) is 0 Å². The van der Waals surface area contributed by atoms with Gasteiger partial charge in [0.05, 0.1) is 0 Å². The predicted molar refractivity (Wildman–Crippen MR) is 78.0 cm³/mol. The number of Topliss-reactive ketones (excluding diaryl/α,β-unsaturated/α-hetero) is 1. The lowest BCUT2D eigenvalue weighted by Crippen LogP contribution is -2.39. The smallest absolute Gasteiger partial charge is 0.164 e. The van der Waals surface area contributed by atoms with Crippen LogP contribution in [-0.2, 0) is 9.53 Å². The Bertz CT molecular complexity index is 284. The standard InChI is InChI=1S/C17H30O2/c1-12-9-13(2)11-15(10-12)16(18)17(19-3)14-7-5-4-6-8-14/h12-15,17H,4-11H2,1-3H3. The fraction of sp³-hybridized carbons (Fsp3) is 0.941. The average molecular weight is 266 g/mol. The van der Waals surface area contributed by atoms with Gasteiger partial charge in [0.15, 0.2) is 5.78 Å². The van der Waals surface area contributed by atoms with Crippen molar-refractivity contribution >= 4 is 5.78 Å². The fourth-order valence-corrected chi connectivity index (χ4v) is 4.39. The highest BCUT2D eigenvalue weighted by molar-refractivity contribution is 5.85. The number of carbonyl (C=O) groups is 1. The second-order valence-electron chi connectivity index (χ2n) is 7.07. The van der Waals surface area contributed by atoms with Gasteiger partial charge in [-0.2, -0.15) is 0 Å². The van der Waals surface area contributed by atoms with Gasteiger partial charge in [-0.05, 0) is 49.9 Å². The Hall–Kier alpha value is -0.370. The van der Waals surface area contributed by atoms with Crippen molar-refractivity contribution < 1.29 is 9.53 Å². The molecule has 2 nitrogen and oxygen atoms in total. The first kappa shape index (κ1) is 15.0. The average Bonchev–Trinajstić information content (AvgIpc) is 2.39. The molecular weight excluding hydrogens is 236 g/mol. The molecule has 2 saturated carbocycles. The Morgan fingerprint density at radius 3 is 2.11 bits per heavy atom. The number of hydrogen-bond donors (Lipinski definition) is 0. The van der Waals surface area contributed by atoms with Crippen LogP contribution in [0.5, 0.6) is 0 Å². The Morgan fingerprint density at radius 1 is 1.00 bits per heavy atom. The highest BCUT2D eigenvalue weighted by atomic mass is 16.5. The van der Waals surface area contributed by atoms with Crippen molar-refractivity contribution in [1.82, 2.24) is 0 Å². The summed E-state index contributed by atoms with van der Waals surface area (Å²) in [6.07, 6.45) is 9.56. The van der Waals surface area contributed by atoms with Crippen molar-refractivity contribution in [3.05, 3.63) is 0 Å². The molecule has 2 aliphatic carbocycles. The lowest BCUT2D eigenvalue weighted by atomic mass is 9.72. The molecule has 19 heavy (non-hydrogen) atoms. The van der Waals surface area contributed by atoms with Crippen LogP contribution in [0.15, 0.2) is 0 Å². The van der Waals surface area contributed by atoms with Gasteiger partial charge in [0.2, 0.25) is 0 Å². The number of rotatable bonds is 4. The van der Waals surface area contributed by atoms with E-state index in [0.717, 1.165) is 12.8 Å². The van der Waals surface area contributed by atoms with Crippen LogP contribution in [0, 0.1) is 23.7 Å². The fourth-order valence-electron chi connectivity index (χ4n) is 4.39. The van der Waals surface area contributed by atoms with E-state index in [2.05, 4.69) is 13.8 Å². The summed E-state index contributed by atoms with van der Waals surface area (Å²) >= 11 is 0. The lowest BCUT2D eigenvalue weighted by Gasteiger charge is -2.35. The first-order valence-corrected chi connectivity index (χ1v) is 8.18. The molecule has 0 amide bonds. The second kappa shape index (κ2) is 6.88. The summed E-state index contributed by atoms with van der Waals surface area (Å²) in [6, 6.07) is 0. The predicted octanol–water partition coefficient (Wildman–Crippen LogP) is 4.22. The van der Waals surface area contributed by atoms with Crippen molar-refractivity contribution in [2.24, 2.45) is 23.7 Å². The summed E-state index contributed by atoms with van der Waals surface area (Å²) in [6.45, 7) is 4.58. The number of ether oxygens (including phenoxy) is 1. The van der Waals surface area contributed by atoms with Crippen molar-refractivity contribution in [3.8, 4) is 0 Å². The number of hydrogen-bond acceptors (Lipinski definition) is 2. The molecule has 3 unspecified atom stereocenters. The number of ketones is 1. The topological polar surface area (TPSA) is 26.3 Å². The van der Waals surface area contributed by atoms with E-state index in [1.54, 1.807) is 7.11 Å². The molecule has 2 rings (SSSR count). The SMILES string of the molecule is COC(C(=O)C1CC(C)CC(C)C1)C1CCCCC1. The zero-order valence-corrected chi connectivity index (χ0v) is 12.9. The van der Waals surface area contributed by atoms with Gasteiger partial charge in [0.25, 0.3) is 0 Å². The van der Waals surface area contributed by atoms with Gasteiger partial charge >= 0.3 is 0 Å². The van der Waals surface area contributed by atoms with Crippen LogP contribution in [0.4, 0.5) is 0 Å². The van der Waals surface area contributed by atoms with Crippen LogP contribution in [0.2, 0.25) is 0 Å². The quantitative estimate of drug-likeness (QED) is 0.761. The van der Waals surface area contributed by atoms with Gasteiger partial charge in [0, 0.05) is 13.0 Å². The van der Waals surface area contributed by atoms with Gasteiger partial charge < -0.3 is 4.74 Å². The van der Waals surface area contributed by atoms with E-state index in [4.69, 9.17) is 4.74 Å². The largest absolute Gasteiger partial charge is 0.373 e. The second-order valence-corrected chi connectivity index (χ2v) is 7.07. The molecule has 0 spiro atoms. The minimum Gasteiger partial charge on any atom is -0.373 e. The van der Waals surface area contributed by atoms with E-state index in [1.807, 2.05) is 0 Å². The molecule has 2 heteroatoms. The zero-order valence-electron chi connectivity index (χ0n) is 12.9. The highest BCUT2D eigenvalue weighted by Gasteiger charge is 2.36. The maximum atomic E-state index is 12.8. The molecule has 0 aromatic heterocycles. The van der Waals surface area contributed by atoms with Gasteiger partial charge in [0.1, 0.15) is 6.10 Å². The summed E-state index contributed by atoms with van der Waals surface area (Å²) in [5, 5.41) is 0. The molecule has 2 aliphatic rings. The monoisotopic (exact) mass is 266 g/mol. The van der Waals surface area contributed by atoms with Crippen LogP contribution in [-0.4, -0.2) is 19.0 Å². The van der Waals surface area contributed by atoms with Gasteiger partial charge in [-0.25, -0.2) is 0 Å². The van der Waals surface area contributed by atoms with Crippen molar-refractivity contribution in [2.45, 2.75) is 71.3 Å². The van der Waals surface area contributed by atoms with Crippen LogP contribution in [0.3, 0.4) is 0 Å². The van der Waals surface area contributed by atoms with Crippen LogP contribution in [0.1, 0.15) is 65.2 Å². The molecule has 0 aliphatic heterocycles. The number of methoxy groups -OCH3 is 1. The molecular formula is C17H30O2. The molecule has 0 aromatic carbocycles. The molecule has 0 radical (unpaired) electrons. The van der Waals surface area contributed by atoms with Crippen molar-refractivity contribution in [3.63, 3.8) is 0 Å². The molecule has 0 N–H and O–H groups in total.